The summed E-state index contributed by atoms with van der Waals surface area (Å²) in [6.45, 7) is 4.89. The molecule has 1 aromatic carbocycles. The fourth-order valence-corrected chi connectivity index (χ4v) is 2.07. The molecule has 1 nitrogen and oxygen atoms in total. The quantitative estimate of drug-likeness (QED) is 0.705. The minimum absolute atomic E-state index is 0.218. The fourth-order valence-electron chi connectivity index (χ4n) is 2.07. The molecule has 1 fully saturated rings. The van der Waals surface area contributed by atoms with E-state index in [-0.39, 0.29) is 11.5 Å². The van der Waals surface area contributed by atoms with Gasteiger partial charge in [-0.25, -0.2) is 0 Å². The minimum atomic E-state index is -4.48. The van der Waals surface area contributed by atoms with Crippen LogP contribution in [0.2, 0.25) is 0 Å². The third-order valence-electron chi connectivity index (χ3n) is 3.32. The molecule has 0 saturated heterocycles. The van der Waals surface area contributed by atoms with Gasteiger partial charge in [-0.05, 0) is 30.4 Å². The van der Waals surface area contributed by atoms with Crippen LogP contribution in [-0.2, 0) is 6.18 Å². The summed E-state index contributed by atoms with van der Waals surface area (Å²) in [5, 5.41) is 0. The first-order valence-electron chi connectivity index (χ1n) is 6.36. The topological polar surface area (TPSA) is 17.1 Å². The van der Waals surface area contributed by atoms with Crippen LogP contribution in [0.15, 0.2) is 18.2 Å². The highest BCUT2D eigenvalue weighted by Crippen LogP contribution is 2.43. The van der Waals surface area contributed by atoms with Crippen molar-refractivity contribution < 1.29 is 18.0 Å². The Hall–Kier alpha value is -1.32. The van der Waals surface area contributed by atoms with Gasteiger partial charge < -0.3 is 0 Å². The summed E-state index contributed by atoms with van der Waals surface area (Å²) >= 11 is 0. The third-order valence-corrected chi connectivity index (χ3v) is 3.32. The number of alkyl halides is 3. The molecule has 0 bridgehead atoms. The van der Waals surface area contributed by atoms with E-state index in [1.54, 1.807) is 26.8 Å². The molecular formula is C15H17F3O. The number of benzene rings is 1. The molecule has 0 N–H and O–H groups in total. The number of halogens is 3. The maximum Gasteiger partial charge on any atom is 0.417 e. The number of ketones is 1. The molecule has 1 saturated carbocycles. The van der Waals surface area contributed by atoms with Gasteiger partial charge in [0.1, 0.15) is 0 Å². The normalized spacial score (nSPS) is 16.5. The summed E-state index contributed by atoms with van der Waals surface area (Å²) < 4.78 is 39.3. The highest BCUT2D eigenvalue weighted by Gasteiger charge is 2.38. The Balaban J connectivity index is 2.51. The highest BCUT2D eigenvalue weighted by atomic mass is 19.4. The van der Waals surface area contributed by atoms with Gasteiger partial charge in [0, 0.05) is 11.0 Å². The first-order chi connectivity index (χ1) is 8.60. The molecule has 104 valence electrons. The molecule has 0 atom stereocenters. The molecule has 0 amide bonds. The van der Waals surface area contributed by atoms with Gasteiger partial charge >= 0.3 is 6.18 Å². The van der Waals surface area contributed by atoms with Crippen LogP contribution >= 0.6 is 0 Å². The van der Waals surface area contributed by atoms with E-state index < -0.39 is 22.9 Å². The molecule has 0 aromatic heterocycles. The smallest absolute Gasteiger partial charge is 0.294 e. The molecule has 1 aliphatic carbocycles. The van der Waals surface area contributed by atoms with Crippen LogP contribution in [0.5, 0.6) is 0 Å². The van der Waals surface area contributed by atoms with Gasteiger partial charge in [-0.1, -0.05) is 32.9 Å². The second kappa shape index (κ2) is 4.36. The Morgan fingerprint density at radius 1 is 1.16 bits per heavy atom. The second-order valence-electron chi connectivity index (χ2n) is 6.16. The molecule has 1 aromatic rings. The molecular weight excluding hydrogens is 253 g/mol. The number of carbonyl (C=O) groups is 1. The first kappa shape index (κ1) is 14.1. The molecule has 0 heterocycles. The predicted molar refractivity (Wildman–Crippen MR) is 67.2 cm³/mol. The monoisotopic (exact) mass is 270 g/mol. The largest absolute Gasteiger partial charge is 0.417 e. The number of hydrogen-bond acceptors (Lipinski definition) is 1. The van der Waals surface area contributed by atoms with Crippen LogP contribution in [0, 0.1) is 5.41 Å². The average molecular weight is 270 g/mol. The average Bonchev–Trinajstić information content (AvgIpc) is 3.08. The minimum Gasteiger partial charge on any atom is -0.294 e. The molecule has 1 aliphatic rings. The van der Waals surface area contributed by atoms with Crippen LogP contribution in [0.4, 0.5) is 13.2 Å². The second-order valence-corrected chi connectivity index (χ2v) is 6.16. The predicted octanol–water partition coefficient (Wildman–Crippen LogP) is 4.81. The van der Waals surface area contributed by atoms with Crippen molar-refractivity contribution in [3.05, 3.63) is 34.9 Å². The maximum atomic E-state index is 13.1. The van der Waals surface area contributed by atoms with Crippen LogP contribution in [-0.4, -0.2) is 5.78 Å². The van der Waals surface area contributed by atoms with Gasteiger partial charge in [-0.15, -0.1) is 0 Å². The lowest BCUT2D eigenvalue weighted by molar-refractivity contribution is -0.138. The first-order valence-corrected chi connectivity index (χ1v) is 6.36. The Morgan fingerprint density at radius 3 is 2.16 bits per heavy atom. The van der Waals surface area contributed by atoms with E-state index >= 15 is 0 Å². The van der Waals surface area contributed by atoms with Crippen molar-refractivity contribution in [3.63, 3.8) is 0 Å². The number of rotatable bonds is 2. The van der Waals surface area contributed by atoms with Crippen molar-refractivity contribution in [2.24, 2.45) is 5.41 Å². The van der Waals surface area contributed by atoms with E-state index in [1.807, 2.05) is 0 Å². The van der Waals surface area contributed by atoms with Crippen LogP contribution < -0.4 is 0 Å². The van der Waals surface area contributed by atoms with Gasteiger partial charge in [0.15, 0.2) is 5.78 Å². The molecule has 4 heteroatoms. The lowest BCUT2D eigenvalue weighted by Gasteiger charge is -2.20. The molecule has 19 heavy (non-hydrogen) atoms. The Bertz CT molecular complexity index is 505. The van der Waals surface area contributed by atoms with Gasteiger partial charge in [-0.2, -0.15) is 13.2 Å². The molecule has 0 spiro atoms. The number of carbonyl (C=O) groups excluding carboxylic acids is 1. The Kier molecular flexibility index (Phi) is 3.23. The summed E-state index contributed by atoms with van der Waals surface area (Å²) in [6.07, 6.45) is -2.62. The Labute approximate surface area is 110 Å². The van der Waals surface area contributed by atoms with Crippen molar-refractivity contribution in [1.82, 2.24) is 0 Å². The van der Waals surface area contributed by atoms with Gasteiger partial charge in [0.25, 0.3) is 0 Å². The summed E-state index contributed by atoms with van der Waals surface area (Å²) in [4.78, 5) is 12.1. The van der Waals surface area contributed by atoms with E-state index in [1.165, 1.54) is 6.07 Å². The summed E-state index contributed by atoms with van der Waals surface area (Å²) in [7, 11) is 0. The van der Waals surface area contributed by atoms with Crippen molar-refractivity contribution in [2.45, 2.75) is 45.7 Å². The van der Waals surface area contributed by atoms with E-state index in [0.717, 1.165) is 18.9 Å². The Morgan fingerprint density at radius 2 is 1.74 bits per heavy atom. The molecule has 2 rings (SSSR count). The van der Waals surface area contributed by atoms with Crippen LogP contribution in [0.3, 0.4) is 0 Å². The highest BCUT2D eigenvalue weighted by molar-refractivity contribution is 6.01. The summed E-state index contributed by atoms with van der Waals surface area (Å²) in [5.41, 5.74) is -1.14. The zero-order chi connectivity index (χ0) is 14.4. The zero-order valence-electron chi connectivity index (χ0n) is 11.3. The van der Waals surface area contributed by atoms with E-state index in [0.29, 0.717) is 5.56 Å². The molecule has 0 unspecified atom stereocenters. The zero-order valence-corrected chi connectivity index (χ0v) is 11.3. The summed E-state index contributed by atoms with van der Waals surface area (Å²) in [6, 6.07) is 4.15. The standard InChI is InChI=1S/C15H17F3O/c1-14(2,3)13(19)11-7-6-10(9-4-5-9)8-12(11)15(16,17)18/h6-9H,4-5H2,1-3H3. The number of Topliss-reactive ketones (excluding diaryl/α,β-unsaturated/α-hetero) is 1. The molecule has 0 radical (unpaired) electrons. The van der Waals surface area contributed by atoms with Gasteiger partial charge in [0.2, 0.25) is 0 Å². The van der Waals surface area contributed by atoms with Crippen molar-refractivity contribution in [2.75, 3.05) is 0 Å². The number of hydrogen-bond donors (Lipinski definition) is 0. The van der Waals surface area contributed by atoms with E-state index in [9.17, 15) is 18.0 Å². The summed E-state index contributed by atoms with van der Waals surface area (Å²) in [5.74, 6) is -0.234. The lowest BCUT2D eigenvalue weighted by Crippen LogP contribution is -2.24. The van der Waals surface area contributed by atoms with Crippen molar-refractivity contribution in [1.29, 1.82) is 0 Å². The van der Waals surface area contributed by atoms with Crippen molar-refractivity contribution >= 4 is 5.78 Å². The van der Waals surface area contributed by atoms with E-state index in [4.69, 9.17) is 0 Å². The van der Waals surface area contributed by atoms with Gasteiger partial charge in [0.05, 0.1) is 5.56 Å². The van der Waals surface area contributed by atoms with Crippen molar-refractivity contribution in [3.8, 4) is 0 Å². The van der Waals surface area contributed by atoms with Crippen LogP contribution in [0.25, 0.3) is 0 Å². The SMILES string of the molecule is CC(C)(C)C(=O)c1ccc(C2CC2)cc1C(F)(F)F. The third kappa shape index (κ3) is 2.99. The molecule has 0 aliphatic heterocycles. The van der Waals surface area contributed by atoms with E-state index in [2.05, 4.69) is 0 Å². The van der Waals surface area contributed by atoms with Gasteiger partial charge in [-0.3, -0.25) is 4.79 Å². The van der Waals surface area contributed by atoms with Crippen LogP contribution in [0.1, 0.15) is 61.0 Å². The maximum absolute atomic E-state index is 13.1. The fraction of sp³-hybridized carbons (Fsp3) is 0.533. The lowest BCUT2D eigenvalue weighted by atomic mass is 9.84.